The zero-order valence-electron chi connectivity index (χ0n) is 17.7. The number of nitrogens with one attached hydrogen (secondary N) is 1. The second-order valence-corrected chi connectivity index (χ2v) is 9.36. The number of carbonyl (C=O) groups is 2. The van der Waals surface area contributed by atoms with Gasteiger partial charge in [0.05, 0.1) is 6.42 Å². The van der Waals surface area contributed by atoms with Gasteiger partial charge in [-0.25, -0.2) is 0 Å². The minimum Gasteiger partial charge on any atom is -0.354 e. The third-order valence-corrected chi connectivity index (χ3v) is 6.11. The molecule has 0 fully saturated rings. The highest BCUT2D eigenvalue weighted by Gasteiger charge is 2.30. The predicted molar refractivity (Wildman–Crippen MR) is 129 cm³/mol. The van der Waals surface area contributed by atoms with Crippen LogP contribution in [0.4, 0.5) is 0 Å². The van der Waals surface area contributed by atoms with Crippen LogP contribution < -0.4 is 5.32 Å². The summed E-state index contributed by atoms with van der Waals surface area (Å²) in [5, 5.41) is 4.68. The topological polar surface area (TPSA) is 49.4 Å². The smallest absolute Gasteiger partial charge is 0.242 e. The van der Waals surface area contributed by atoms with Gasteiger partial charge in [-0.3, -0.25) is 9.59 Å². The molecule has 31 heavy (non-hydrogen) atoms. The molecule has 2 rings (SSSR count). The molecule has 4 nitrogen and oxygen atoms in total. The van der Waals surface area contributed by atoms with E-state index in [4.69, 9.17) is 46.4 Å². The van der Waals surface area contributed by atoms with Gasteiger partial charge in [0.25, 0.3) is 0 Å². The third kappa shape index (κ3) is 7.28. The zero-order chi connectivity index (χ0) is 23.1. The summed E-state index contributed by atoms with van der Waals surface area (Å²) >= 11 is 24.9. The van der Waals surface area contributed by atoms with Crippen LogP contribution in [0.25, 0.3) is 0 Å². The van der Waals surface area contributed by atoms with Crippen molar-refractivity contribution in [1.29, 1.82) is 0 Å². The van der Waals surface area contributed by atoms with E-state index in [2.05, 4.69) is 5.32 Å². The summed E-state index contributed by atoms with van der Waals surface area (Å²) in [7, 11) is 0. The number of rotatable bonds is 9. The summed E-state index contributed by atoms with van der Waals surface area (Å²) < 4.78 is 0. The number of benzene rings is 2. The molecule has 0 aromatic heterocycles. The lowest BCUT2D eigenvalue weighted by atomic mass is 10.1. The first kappa shape index (κ1) is 25.8. The van der Waals surface area contributed by atoms with Gasteiger partial charge in [-0.05, 0) is 42.2 Å². The largest absolute Gasteiger partial charge is 0.354 e. The fraction of sp³-hybridized carbons (Fsp3) is 0.391. The summed E-state index contributed by atoms with van der Waals surface area (Å²) in [5.41, 5.74) is 1.22. The van der Waals surface area contributed by atoms with Gasteiger partial charge in [0.2, 0.25) is 11.8 Å². The van der Waals surface area contributed by atoms with Crippen LogP contribution in [0.3, 0.4) is 0 Å². The molecule has 2 aromatic rings. The fourth-order valence-electron chi connectivity index (χ4n) is 3.13. The van der Waals surface area contributed by atoms with Gasteiger partial charge in [0, 0.05) is 38.7 Å². The monoisotopic (exact) mass is 502 g/mol. The molecule has 1 N–H and O–H groups in total. The second kappa shape index (κ2) is 12.0. The predicted octanol–water partition coefficient (Wildman–Crippen LogP) is 6.42. The maximum atomic E-state index is 13.4. The standard InChI is InChI=1S/C23H26Cl4N2O2/c1-4-21(23(31)28-12-14(2)3)29(13-17-18(25)6-5-7-19(17)26)22(30)10-15-8-9-16(24)11-20(15)27/h5-9,11,14,21H,4,10,12-13H2,1-3H3,(H,28,31)/t21-/m1/s1. The van der Waals surface area contributed by atoms with Crippen LogP contribution >= 0.6 is 46.4 Å². The van der Waals surface area contributed by atoms with Gasteiger partial charge in [-0.1, -0.05) is 79.3 Å². The van der Waals surface area contributed by atoms with Crippen molar-refractivity contribution in [3.8, 4) is 0 Å². The Balaban J connectivity index is 2.37. The minimum absolute atomic E-state index is 0.0199. The molecule has 0 radical (unpaired) electrons. The van der Waals surface area contributed by atoms with Crippen molar-refractivity contribution in [2.24, 2.45) is 5.92 Å². The lowest BCUT2D eigenvalue weighted by Crippen LogP contribution is -2.50. The summed E-state index contributed by atoms with van der Waals surface area (Å²) in [4.78, 5) is 27.8. The van der Waals surface area contributed by atoms with E-state index in [1.807, 2.05) is 20.8 Å². The van der Waals surface area contributed by atoms with Crippen LogP contribution in [-0.4, -0.2) is 29.3 Å². The second-order valence-electron chi connectivity index (χ2n) is 7.70. The Morgan fingerprint density at radius 1 is 1.00 bits per heavy atom. The van der Waals surface area contributed by atoms with Crippen LogP contribution in [0.15, 0.2) is 36.4 Å². The van der Waals surface area contributed by atoms with E-state index in [-0.39, 0.29) is 30.7 Å². The Morgan fingerprint density at radius 3 is 2.19 bits per heavy atom. The molecule has 2 aromatic carbocycles. The van der Waals surface area contributed by atoms with E-state index in [0.29, 0.717) is 44.2 Å². The zero-order valence-corrected chi connectivity index (χ0v) is 20.7. The molecule has 8 heteroatoms. The van der Waals surface area contributed by atoms with Crippen molar-refractivity contribution in [1.82, 2.24) is 10.2 Å². The van der Waals surface area contributed by atoms with Gasteiger partial charge in [-0.15, -0.1) is 0 Å². The van der Waals surface area contributed by atoms with Gasteiger partial charge in [-0.2, -0.15) is 0 Å². The summed E-state index contributed by atoms with van der Waals surface area (Å²) in [6.07, 6.45) is 0.456. The third-order valence-electron chi connectivity index (χ3n) is 4.82. The van der Waals surface area contributed by atoms with Crippen molar-refractivity contribution in [3.63, 3.8) is 0 Å². The molecule has 1 atom stereocenters. The van der Waals surface area contributed by atoms with Crippen molar-refractivity contribution in [3.05, 3.63) is 67.6 Å². The van der Waals surface area contributed by atoms with E-state index in [9.17, 15) is 9.59 Å². The number of nitrogens with zero attached hydrogens (tertiary/aromatic N) is 1. The van der Waals surface area contributed by atoms with Crippen molar-refractivity contribution >= 4 is 58.2 Å². The maximum Gasteiger partial charge on any atom is 0.242 e. The average molecular weight is 504 g/mol. The quantitative estimate of drug-likeness (QED) is 0.429. The van der Waals surface area contributed by atoms with Crippen LogP contribution in [0, 0.1) is 5.92 Å². The number of halogens is 4. The van der Waals surface area contributed by atoms with Gasteiger partial charge in [0.15, 0.2) is 0 Å². The lowest BCUT2D eigenvalue weighted by Gasteiger charge is -2.31. The molecule has 0 heterocycles. The molecule has 2 amide bonds. The Bertz CT molecular complexity index is 914. The van der Waals surface area contributed by atoms with E-state index in [1.54, 1.807) is 36.4 Å². The van der Waals surface area contributed by atoms with Gasteiger partial charge < -0.3 is 10.2 Å². The van der Waals surface area contributed by atoms with Crippen molar-refractivity contribution in [2.75, 3.05) is 6.54 Å². The Labute approximate surface area is 203 Å². The molecule has 0 saturated heterocycles. The molecule has 0 unspecified atom stereocenters. The molecule has 0 aliphatic heterocycles. The highest BCUT2D eigenvalue weighted by Crippen LogP contribution is 2.28. The first-order chi connectivity index (χ1) is 14.6. The number of amides is 2. The summed E-state index contributed by atoms with van der Waals surface area (Å²) in [5.74, 6) is -0.182. The molecule has 0 saturated carbocycles. The van der Waals surface area contributed by atoms with Crippen molar-refractivity contribution < 1.29 is 9.59 Å². The highest BCUT2D eigenvalue weighted by molar-refractivity contribution is 6.36. The van der Waals surface area contributed by atoms with Crippen LogP contribution in [0.1, 0.15) is 38.3 Å². The van der Waals surface area contributed by atoms with Crippen LogP contribution in [-0.2, 0) is 22.6 Å². The average Bonchev–Trinajstić information content (AvgIpc) is 2.70. The molecule has 168 valence electrons. The van der Waals surface area contributed by atoms with E-state index < -0.39 is 6.04 Å². The first-order valence-corrected chi connectivity index (χ1v) is 11.6. The van der Waals surface area contributed by atoms with Crippen LogP contribution in [0.2, 0.25) is 20.1 Å². The Morgan fingerprint density at radius 2 is 1.65 bits per heavy atom. The SMILES string of the molecule is CC[C@H](C(=O)NCC(C)C)N(Cc1c(Cl)cccc1Cl)C(=O)Cc1ccc(Cl)cc1Cl. The number of hydrogen-bond donors (Lipinski definition) is 1. The first-order valence-electron chi connectivity index (χ1n) is 10.1. The molecular formula is C23H26Cl4N2O2. The Kier molecular flexibility index (Phi) is 9.95. The fourth-order valence-corrected chi connectivity index (χ4v) is 4.12. The number of hydrogen-bond acceptors (Lipinski definition) is 2. The minimum atomic E-state index is -0.676. The summed E-state index contributed by atoms with van der Waals surface area (Å²) in [6, 6.07) is 9.46. The normalized spacial score (nSPS) is 12.0. The summed E-state index contributed by atoms with van der Waals surface area (Å²) in [6.45, 7) is 6.51. The van der Waals surface area contributed by atoms with Gasteiger partial charge >= 0.3 is 0 Å². The van der Waals surface area contributed by atoms with Crippen LogP contribution in [0.5, 0.6) is 0 Å². The molecule has 0 bridgehead atoms. The molecule has 0 aliphatic carbocycles. The van der Waals surface area contributed by atoms with E-state index >= 15 is 0 Å². The van der Waals surface area contributed by atoms with Crippen molar-refractivity contribution in [2.45, 2.75) is 46.2 Å². The highest BCUT2D eigenvalue weighted by atomic mass is 35.5. The molecular weight excluding hydrogens is 478 g/mol. The van der Waals surface area contributed by atoms with E-state index in [0.717, 1.165) is 0 Å². The number of carbonyl (C=O) groups excluding carboxylic acids is 2. The molecule has 0 spiro atoms. The Hall–Kier alpha value is -1.46. The van der Waals surface area contributed by atoms with Gasteiger partial charge in [0.1, 0.15) is 6.04 Å². The van der Waals surface area contributed by atoms with E-state index in [1.165, 1.54) is 4.90 Å². The lowest BCUT2D eigenvalue weighted by molar-refractivity contribution is -0.141. The molecule has 0 aliphatic rings. The maximum absolute atomic E-state index is 13.4.